The summed E-state index contributed by atoms with van der Waals surface area (Å²) in [5.41, 5.74) is 1.07. The molecule has 106 valence electrons. The fraction of sp³-hybridized carbons (Fsp3) is 0.200. The fourth-order valence-corrected chi connectivity index (χ4v) is 2.45. The molecule has 0 radical (unpaired) electrons. The molecule has 5 heteroatoms. The van der Waals surface area contributed by atoms with Gasteiger partial charge in [0.15, 0.2) is 0 Å². The van der Waals surface area contributed by atoms with Gasteiger partial charge in [0.25, 0.3) is 0 Å². The number of methoxy groups -OCH3 is 1. The topological polar surface area (TPSA) is 29.5 Å². The highest BCUT2D eigenvalue weighted by molar-refractivity contribution is 6.31. The van der Waals surface area contributed by atoms with Gasteiger partial charge in [-0.25, -0.2) is 4.39 Å². The molecular formula is C15H13Cl2FO2. The fourth-order valence-electron chi connectivity index (χ4n) is 2.00. The maximum atomic E-state index is 13.4. The highest BCUT2D eigenvalue weighted by Gasteiger charge is 2.17. The van der Waals surface area contributed by atoms with Crippen LogP contribution in [0.4, 0.5) is 4.39 Å². The molecule has 1 unspecified atom stereocenters. The highest BCUT2D eigenvalue weighted by atomic mass is 35.5. The van der Waals surface area contributed by atoms with E-state index in [1.54, 1.807) is 24.3 Å². The molecule has 1 N–H and O–H groups in total. The van der Waals surface area contributed by atoms with Crippen molar-refractivity contribution < 1.29 is 14.2 Å². The van der Waals surface area contributed by atoms with Crippen molar-refractivity contribution in [3.05, 3.63) is 63.4 Å². The van der Waals surface area contributed by atoms with Gasteiger partial charge in [-0.05, 0) is 29.8 Å². The van der Waals surface area contributed by atoms with Gasteiger partial charge in [0.1, 0.15) is 11.6 Å². The van der Waals surface area contributed by atoms with E-state index < -0.39 is 11.9 Å². The molecule has 0 spiro atoms. The van der Waals surface area contributed by atoms with Crippen LogP contribution in [-0.4, -0.2) is 12.2 Å². The number of aliphatic hydroxyl groups excluding tert-OH is 1. The SMILES string of the molecule is COc1ccc(Cl)cc1CC(O)c1cccc(F)c1Cl. The molecule has 2 aromatic rings. The van der Waals surface area contributed by atoms with Gasteiger partial charge < -0.3 is 9.84 Å². The second kappa shape index (κ2) is 6.44. The molecule has 0 aliphatic heterocycles. The first-order valence-electron chi connectivity index (χ1n) is 5.97. The monoisotopic (exact) mass is 314 g/mol. The zero-order valence-corrected chi connectivity index (χ0v) is 12.2. The van der Waals surface area contributed by atoms with E-state index in [0.29, 0.717) is 16.3 Å². The molecule has 2 aromatic carbocycles. The molecule has 0 bridgehead atoms. The van der Waals surface area contributed by atoms with Gasteiger partial charge in [-0.1, -0.05) is 35.3 Å². The van der Waals surface area contributed by atoms with Crippen LogP contribution in [0.25, 0.3) is 0 Å². The number of hydrogen-bond donors (Lipinski definition) is 1. The van der Waals surface area contributed by atoms with Crippen LogP contribution < -0.4 is 4.74 Å². The number of halogens is 3. The third kappa shape index (κ3) is 3.23. The van der Waals surface area contributed by atoms with E-state index in [4.69, 9.17) is 27.9 Å². The summed E-state index contributed by atoms with van der Waals surface area (Å²) in [5.74, 6) is 0.0576. The van der Waals surface area contributed by atoms with Gasteiger partial charge in [0.05, 0.1) is 18.2 Å². The third-order valence-corrected chi connectivity index (χ3v) is 3.63. The third-order valence-electron chi connectivity index (χ3n) is 3.00. The Morgan fingerprint density at radius 1 is 1.25 bits per heavy atom. The Kier molecular flexibility index (Phi) is 4.86. The van der Waals surface area contributed by atoms with E-state index in [1.807, 2.05) is 0 Å². The Balaban J connectivity index is 2.30. The lowest BCUT2D eigenvalue weighted by Crippen LogP contribution is -2.05. The summed E-state index contributed by atoms with van der Waals surface area (Å²) >= 11 is 11.8. The molecule has 20 heavy (non-hydrogen) atoms. The lowest BCUT2D eigenvalue weighted by Gasteiger charge is -2.15. The summed E-state index contributed by atoms with van der Waals surface area (Å²) in [4.78, 5) is 0. The summed E-state index contributed by atoms with van der Waals surface area (Å²) in [7, 11) is 1.54. The second-order valence-corrected chi connectivity index (χ2v) is 5.13. The predicted molar refractivity (Wildman–Crippen MR) is 78.1 cm³/mol. The van der Waals surface area contributed by atoms with E-state index in [-0.39, 0.29) is 11.4 Å². The molecular weight excluding hydrogens is 302 g/mol. The van der Waals surface area contributed by atoms with Gasteiger partial charge in [0, 0.05) is 17.0 Å². The smallest absolute Gasteiger partial charge is 0.142 e. The van der Waals surface area contributed by atoms with Crippen molar-refractivity contribution in [3.63, 3.8) is 0 Å². The summed E-state index contributed by atoms with van der Waals surface area (Å²) in [6, 6.07) is 9.47. The standard InChI is InChI=1S/C15H13Cl2FO2/c1-20-14-6-5-10(16)7-9(14)8-13(19)11-3-2-4-12(18)15(11)17/h2-7,13,19H,8H2,1H3. The van der Waals surface area contributed by atoms with Gasteiger partial charge in [0.2, 0.25) is 0 Å². The Morgan fingerprint density at radius 2 is 2.00 bits per heavy atom. The minimum Gasteiger partial charge on any atom is -0.496 e. The van der Waals surface area contributed by atoms with Crippen LogP contribution in [0.15, 0.2) is 36.4 Å². The van der Waals surface area contributed by atoms with Crippen molar-refractivity contribution in [3.8, 4) is 5.75 Å². The minimum absolute atomic E-state index is 0.0685. The van der Waals surface area contributed by atoms with Gasteiger partial charge >= 0.3 is 0 Å². The number of ether oxygens (including phenoxy) is 1. The maximum Gasteiger partial charge on any atom is 0.142 e. The molecule has 0 aliphatic carbocycles. The van der Waals surface area contributed by atoms with E-state index in [1.165, 1.54) is 19.2 Å². The van der Waals surface area contributed by atoms with E-state index in [0.717, 1.165) is 5.56 Å². The lowest BCUT2D eigenvalue weighted by molar-refractivity contribution is 0.177. The van der Waals surface area contributed by atoms with E-state index in [9.17, 15) is 9.50 Å². The molecule has 2 nitrogen and oxygen atoms in total. The van der Waals surface area contributed by atoms with Crippen LogP contribution in [0.5, 0.6) is 5.75 Å². The molecule has 2 rings (SSSR count). The normalized spacial score (nSPS) is 12.2. The predicted octanol–water partition coefficient (Wildman–Crippen LogP) is 4.42. The number of benzene rings is 2. The molecule has 0 amide bonds. The van der Waals surface area contributed by atoms with Crippen molar-refractivity contribution in [2.75, 3.05) is 7.11 Å². The van der Waals surface area contributed by atoms with Crippen LogP contribution in [0.3, 0.4) is 0 Å². The number of rotatable bonds is 4. The van der Waals surface area contributed by atoms with Gasteiger partial charge in [-0.2, -0.15) is 0 Å². The van der Waals surface area contributed by atoms with Crippen LogP contribution in [0.1, 0.15) is 17.2 Å². The summed E-state index contributed by atoms with van der Waals surface area (Å²) < 4.78 is 18.6. The van der Waals surface area contributed by atoms with Crippen LogP contribution in [0, 0.1) is 5.82 Å². The average molecular weight is 315 g/mol. The quantitative estimate of drug-likeness (QED) is 0.905. The molecule has 1 atom stereocenters. The summed E-state index contributed by atoms with van der Waals surface area (Å²) in [6.45, 7) is 0. The lowest BCUT2D eigenvalue weighted by atomic mass is 10.0. The zero-order chi connectivity index (χ0) is 14.7. The van der Waals surface area contributed by atoms with Crippen molar-refractivity contribution in [1.82, 2.24) is 0 Å². The summed E-state index contributed by atoms with van der Waals surface area (Å²) in [5, 5.41) is 10.7. The van der Waals surface area contributed by atoms with Gasteiger partial charge in [-0.3, -0.25) is 0 Å². The van der Waals surface area contributed by atoms with Crippen molar-refractivity contribution in [2.24, 2.45) is 0 Å². The second-order valence-electron chi connectivity index (χ2n) is 4.32. The molecule has 0 heterocycles. The van der Waals surface area contributed by atoms with Crippen molar-refractivity contribution in [1.29, 1.82) is 0 Å². The van der Waals surface area contributed by atoms with Crippen molar-refractivity contribution in [2.45, 2.75) is 12.5 Å². The van der Waals surface area contributed by atoms with Gasteiger partial charge in [-0.15, -0.1) is 0 Å². The molecule has 0 saturated heterocycles. The molecule has 0 aliphatic rings. The Morgan fingerprint density at radius 3 is 2.70 bits per heavy atom. The van der Waals surface area contributed by atoms with Crippen LogP contribution in [-0.2, 0) is 6.42 Å². The van der Waals surface area contributed by atoms with Crippen LogP contribution in [0.2, 0.25) is 10.0 Å². The number of aliphatic hydroxyl groups is 1. The first-order valence-corrected chi connectivity index (χ1v) is 6.73. The van der Waals surface area contributed by atoms with Crippen LogP contribution >= 0.6 is 23.2 Å². The minimum atomic E-state index is -0.939. The van der Waals surface area contributed by atoms with Crippen molar-refractivity contribution >= 4 is 23.2 Å². The Labute approximate surface area is 126 Å². The first kappa shape index (κ1) is 15.1. The van der Waals surface area contributed by atoms with E-state index >= 15 is 0 Å². The molecule has 0 saturated carbocycles. The maximum absolute atomic E-state index is 13.4. The Bertz CT molecular complexity index is 617. The Hall–Kier alpha value is -1.29. The number of hydrogen-bond acceptors (Lipinski definition) is 2. The van der Waals surface area contributed by atoms with E-state index in [2.05, 4.69) is 0 Å². The summed E-state index contributed by atoms with van der Waals surface area (Å²) in [6.07, 6.45) is -0.710. The largest absolute Gasteiger partial charge is 0.496 e. The molecule has 0 aromatic heterocycles. The molecule has 0 fully saturated rings. The average Bonchev–Trinajstić information content (AvgIpc) is 2.42. The zero-order valence-electron chi connectivity index (χ0n) is 10.7. The first-order chi connectivity index (χ1) is 9.52. The highest BCUT2D eigenvalue weighted by Crippen LogP contribution is 2.31.